The van der Waals surface area contributed by atoms with Gasteiger partial charge >= 0.3 is 8.25 Å². The number of hydrogen-bond acceptors (Lipinski definition) is 2. The van der Waals surface area contributed by atoms with Crippen LogP contribution in [0.2, 0.25) is 0 Å². The second-order valence-corrected chi connectivity index (χ2v) is 2.81. The van der Waals surface area contributed by atoms with E-state index in [1.165, 1.54) is 0 Å². The first-order valence-corrected chi connectivity index (χ1v) is 4.39. The minimum atomic E-state index is -3.03. The molecule has 0 saturated heterocycles. The molecule has 0 aliphatic carbocycles. The summed E-state index contributed by atoms with van der Waals surface area (Å²) in [5, 5.41) is 0. The molecular weight excluding hydrogens is 163 g/mol. The van der Waals surface area contributed by atoms with Gasteiger partial charge in [-0.1, -0.05) is 30.3 Å². The Morgan fingerprint density at radius 1 is 1.27 bits per heavy atom. The Balaban J connectivity index is 2.45. The lowest BCUT2D eigenvalue weighted by Crippen LogP contribution is -1.83. The highest BCUT2D eigenvalue weighted by Crippen LogP contribution is 2.18. The summed E-state index contributed by atoms with van der Waals surface area (Å²) in [6.07, 6.45) is 0. The molecule has 1 radical (unpaired) electrons. The third kappa shape index (κ3) is 3.33. The maximum Gasteiger partial charge on any atom is 0.347 e. The minimum Gasteiger partial charge on any atom is -0.304 e. The van der Waals surface area contributed by atoms with E-state index in [0.29, 0.717) is 0 Å². The molecule has 1 aromatic carbocycles. The Hall–Kier alpha value is -0.630. The molecule has 0 bridgehead atoms. The van der Waals surface area contributed by atoms with Crippen LogP contribution in [0.3, 0.4) is 0 Å². The van der Waals surface area contributed by atoms with E-state index in [9.17, 15) is 9.46 Å². The first kappa shape index (κ1) is 8.47. The van der Waals surface area contributed by atoms with Crippen molar-refractivity contribution in [3.8, 4) is 0 Å². The molecule has 4 heteroatoms. The van der Waals surface area contributed by atoms with Crippen molar-refractivity contribution in [2.45, 2.75) is 6.61 Å². The summed E-state index contributed by atoms with van der Waals surface area (Å²) < 4.78 is 14.4. The van der Waals surface area contributed by atoms with Crippen LogP contribution in [-0.2, 0) is 20.6 Å². The first-order chi connectivity index (χ1) is 5.29. The Bertz CT molecular complexity index is 235. The van der Waals surface area contributed by atoms with Crippen LogP contribution in [-0.4, -0.2) is 0 Å². The highest BCUT2D eigenvalue weighted by atomic mass is 31.1. The molecule has 0 saturated carbocycles. The van der Waals surface area contributed by atoms with Gasteiger partial charge < -0.3 is 4.52 Å². The summed E-state index contributed by atoms with van der Waals surface area (Å²) in [4.78, 5) is 10.0. The Labute approximate surface area is 65.6 Å². The molecule has 0 N–H and O–H groups in total. The molecule has 0 heterocycles. The topological polar surface area (TPSA) is 46.2 Å². The van der Waals surface area contributed by atoms with Crippen LogP contribution in [0.1, 0.15) is 5.56 Å². The highest BCUT2D eigenvalue weighted by Gasteiger charge is 1.94. The summed E-state index contributed by atoms with van der Waals surface area (Å²) >= 11 is 0. The van der Waals surface area contributed by atoms with Gasteiger partial charge in [-0.25, -0.2) is 0 Å². The average Bonchev–Trinajstić information content (AvgIpc) is 2.03. The van der Waals surface area contributed by atoms with Crippen LogP contribution in [0.25, 0.3) is 0 Å². The SMILES string of the molecule is [O][PH](=O)OCc1ccccc1. The van der Waals surface area contributed by atoms with E-state index in [4.69, 9.17) is 0 Å². The largest absolute Gasteiger partial charge is 0.347 e. The van der Waals surface area contributed by atoms with Gasteiger partial charge in [-0.05, 0) is 5.56 Å². The second kappa shape index (κ2) is 4.29. The van der Waals surface area contributed by atoms with Crippen molar-refractivity contribution in [3.05, 3.63) is 35.9 Å². The third-order valence-electron chi connectivity index (χ3n) is 1.20. The van der Waals surface area contributed by atoms with Crippen LogP contribution in [0.5, 0.6) is 0 Å². The molecule has 1 rings (SSSR count). The molecule has 0 amide bonds. The van der Waals surface area contributed by atoms with Gasteiger partial charge in [-0.2, -0.15) is 0 Å². The van der Waals surface area contributed by atoms with Crippen LogP contribution in [0.15, 0.2) is 30.3 Å². The van der Waals surface area contributed by atoms with Gasteiger partial charge in [0.05, 0.1) is 6.61 Å². The van der Waals surface area contributed by atoms with E-state index < -0.39 is 8.25 Å². The number of rotatable bonds is 3. The zero-order chi connectivity index (χ0) is 8.10. The van der Waals surface area contributed by atoms with Gasteiger partial charge in [-0.3, -0.25) is 4.57 Å². The maximum atomic E-state index is 10.0. The van der Waals surface area contributed by atoms with Gasteiger partial charge in [0.1, 0.15) is 0 Å². The van der Waals surface area contributed by atoms with Crippen molar-refractivity contribution in [3.63, 3.8) is 0 Å². The Morgan fingerprint density at radius 3 is 2.45 bits per heavy atom. The molecule has 0 spiro atoms. The zero-order valence-electron chi connectivity index (χ0n) is 5.82. The van der Waals surface area contributed by atoms with E-state index in [1.54, 1.807) is 0 Å². The highest BCUT2D eigenvalue weighted by molar-refractivity contribution is 7.31. The monoisotopic (exact) mass is 171 g/mol. The molecule has 59 valence electrons. The molecule has 1 unspecified atom stereocenters. The van der Waals surface area contributed by atoms with Crippen molar-refractivity contribution in [2.24, 2.45) is 0 Å². The molecule has 0 aliphatic heterocycles. The quantitative estimate of drug-likeness (QED) is 0.653. The number of hydrogen-bond donors (Lipinski definition) is 0. The second-order valence-electron chi connectivity index (χ2n) is 2.02. The molecule has 11 heavy (non-hydrogen) atoms. The fraction of sp³-hybridized carbons (Fsp3) is 0.143. The summed E-state index contributed by atoms with van der Waals surface area (Å²) in [7, 11) is -3.03. The average molecular weight is 171 g/mol. The van der Waals surface area contributed by atoms with Crippen LogP contribution >= 0.6 is 8.25 Å². The molecular formula is C7H8O3P. The summed E-state index contributed by atoms with van der Waals surface area (Å²) in [5.41, 5.74) is 0.863. The predicted molar refractivity (Wildman–Crippen MR) is 40.9 cm³/mol. The number of benzene rings is 1. The normalized spacial score (nSPS) is 12.8. The van der Waals surface area contributed by atoms with Crippen LogP contribution in [0, 0.1) is 0 Å². The van der Waals surface area contributed by atoms with E-state index in [1.807, 2.05) is 30.3 Å². The Morgan fingerprint density at radius 2 is 1.91 bits per heavy atom. The fourth-order valence-electron chi connectivity index (χ4n) is 0.716. The minimum absolute atomic E-state index is 0.141. The maximum absolute atomic E-state index is 10.0. The van der Waals surface area contributed by atoms with Gasteiger partial charge in [-0.15, -0.1) is 4.89 Å². The van der Waals surface area contributed by atoms with E-state index >= 15 is 0 Å². The molecule has 0 aliphatic rings. The van der Waals surface area contributed by atoms with Gasteiger partial charge in [0.2, 0.25) is 0 Å². The van der Waals surface area contributed by atoms with Crippen molar-refractivity contribution < 1.29 is 14.0 Å². The zero-order valence-corrected chi connectivity index (χ0v) is 6.82. The van der Waals surface area contributed by atoms with Gasteiger partial charge in [0.25, 0.3) is 0 Å². The van der Waals surface area contributed by atoms with Crippen LogP contribution < -0.4 is 0 Å². The van der Waals surface area contributed by atoms with Crippen molar-refractivity contribution in [1.29, 1.82) is 0 Å². The van der Waals surface area contributed by atoms with E-state index in [0.717, 1.165) is 5.56 Å². The summed E-state index contributed by atoms with van der Waals surface area (Å²) in [6, 6.07) is 9.15. The first-order valence-electron chi connectivity index (χ1n) is 3.17. The lowest BCUT2D eigenvalue weighted by Gasteiger charge is -1.97. The molecule has 0 fully saturated rings. The standard InChI is InChI=1S/C7H8O3P/c8-11(9)10-6-7-4-2-1-3-5-7/h1-5,11H,6H2. The molecule has 3 nitrogen and oxygen atoms in total. The lowest BCUT2D eigenvalue weighted by atomic mass is 10.2. The predicted octanol–water partition coefficient (Wildman–Crippen LogP) is 2.02. The van der Waals surface area contributed by atoms with E-state index in [-0.39, 0.29) is 6.61 Å². The van der Waals surface area contributed by atoms with Crippen molar-refractivity contribution in [1.82, 2.24) is 0 Å². The Kier molecular flexibility index (Phi) is 3.30. The van der Waals surface area contributed by atoms with Crippen molar-refractivity contribution >= 4 is 8.25 Å². The fourth-order valence-corrected chi connectivity index (χ4v) is 1.00. The van der Waals surface area contributed by atoms with Gasteiger partial charge in [0.15, 0.2) is 0 Å². The van der Waals surface area contributed by atoms with E-state index in [2.05, 4.69) is 4.52 Å². The molecule has 1 atom stereocenters. The van der Waals surface area contributed by atoms with Gasteiger partial charge in [0, 0.05) is 0 Å². The molecule has 0 aromatic heterocycles. The summed E-state index contributed by atoms with van der Waals surface area (Å²) in [5.74, 6) is 0. The van der Waals surface area contributed by atoms with Crippen LogP contribution in [0.4, 0.5) is 0 Å². The van der Waals surface area contributed by atoms with Crippen molar-refractivity contribution in [2.75, 3.05) is 0 Å². The summed E-state index contributed by atoms with van der Waals surface area (Å²) in [6.45, 7) is 0.141. The molecule has 1 aromatic rings. The third-order valence-corrected chi connectivity index (χ3v) is 1.58. The lowest BCUT2D eigenvalue weighted by molar-refractivity contribution is 0.248. The smallest absolute Gasteiger partial charge is 0.304 e.